The molecule has 2 rings (SSSR count). The largest absolute Gasteiger partial charge is 0.346 e. The lowest BCUT2D eigenvalue weighted by molar-refractivity contribution is 0.239. The molecule has 0 aliphatic carbocycles. The second kappa shape index (κ2) is 7.17. The van der Waals surface area contributed by atoms with Crippen molar-refractivity contribution in [3.63, 3.8) is 0 Å². The zero-order valence-electron chi connectivity index (χ0n) is 11.3. The molecule has 0 radical (unpaired) electrons. The second-order valence-corrected chi connectivity index (χ2v) is 6.54. The minimum Gasteiger partial charge on any atom is -0.346 e. The van der Waals surface area contributed by atoms with Crippen molar-refractivity contribution in [1.82, 2.24) is 4.90 Å². The first-order valence-electron chi connectivity index (χ1n) is 6.75. The van der Waals surface area contributed by atoms with E-state index in [-0.39, 0.29) is 0 Å². The Morgan fingerprint density at radius 2 is 1.95 bits per heavy atom. The molecule has 1 atom stereocenters. The zero-order chi connectivity index (χ0) is 14.7. The topological polar surface area (TPSA) is 15.3 Å². The summed E-state index contributed by atoms with van der Waals surface area (Å²) in [6.07, 6.45) is 4.73. The zero-order valence-corrected chi connectivity index (χ0v) is 14.3. The lowest BCUT2D eigenvalue weighted by atomic mass is 10.0. The first kappa shape index (κ1) is 16.2. The Morgan fingerprint density at radius 1 is 1.25 bits per heavy atom. The van der Waals surface area contributed by atoms with Crippen LogP contribution in [0, 0.1) is 0 Å². The Bertz CT molecular complexity index is 507. The highest BCUT2D eigenvalue weighted by Crippen LogP contribution is 2.32. The molecule has 1 aromatic rings. The van der Waals surface area contributed by atoms with E-state index in [2.05, 4.69) is 17.1 Å². The van der Waals surface area contributed by atoms with E-state index in [1.807, 2.05) is 0 Å². The molecule has 0 spiro atoms. The summed E-state index contributed by atoms with van der Waals surface area (Å²) in [5.74, 6) is 0. The average Bonchev–Trinajstić information content (AvgIpc) is 2.44. The van der Waals surface area contributed by atoms with Crippen LogP contribution < -0.4 is 5.32 Å². The molecule has 1 aliphatic rings. The van der Waals surface area contributed by atoms with Crippen molar-refractivity contribution >= 4 is 57.8 Å². The molecular formula is C14H17Cl3N2S. The smallest absolute Gasteiger partial charge is 0.173 e. The highest BCUT2D eigenvalue weighted by atomic mass is 35.5. The van der Waals surface area contributed by atoms with Gasteiger partial charge in [-0.1, -0.05) is 41.7 Å². The van der Waals surface area contributed by atoms with Crippen LogP contribution in [0.15, 0.2) is 12.1 Å². The van der Waals surface area contributed by atoms with Gasteiger partial charge in [-0.05, 0) is 50.0 Å². The van der Waals surface area contributed by atoms with E-state index in [1.54, 1.807) is 12.1 Å². The molecule has 1 aliphatic heterocycles. The quantitative estimate of drug-likeness (QED) is 0.551. The summed E-state index contributed by atoms with van der Waals surface area (Å²) in [4.78, 5) is 2.25. The van der Waals surface area contributed by atoms with Gasteiger partial charge in [0, 0.05) is 12.6 Å². The van der Waals surface area contributed by atoms with Crippen molar-refractivity contribution in [2.24, 2.45) is 0 Å². The molecule has 0 saturated carbocycles. The Hall–Kier alpha value is -0.220. The van der Waals surface area contributed by atoms with Gasteiger partial charge < -0.3 is 10.2 Å². The van der Waals surface area contributed by atoms with Crippen LogP contribution in [0.25, 0.3) is 0 Å². The first-order chi connectivity index (χ1) is 9.52. The van der Waals surface area contributed by atoms with Crippen molar-refractivity contribution in [3.8, 4) is 0 Å². The lowest BCUT2D eigenvalue weighted by Crippen LogP contribution is -2.45. The maximum atomic E-state index is 6.17. The van der Waals surface area contributed by atoms with Gasteiger partial charge in [0.1, 0.15) is 0 Å². The monoisotopic (exact) mass is 350 g/mol. The van der Waals surface area contributed by atoms with Gasteiger partial charge in [0.25, 0.3) is 0 Å². The number of halogens is 3. The molecule has 0 aromatic heterocycles. The molecule has 1 fully saturated rings. The van der Waals surface area contributed by atoms with E-state index >= 15 is 0 Å². The third-order valence-corrected chi connectivity index (χ3v) is 4.98. The predicted octanol–water partition coefficient (Wildman–Crippen LogP) is 5.61. The molecule has 1 saturated heterocycles. The number of rotatable bonds is 2. The summed E-state index contributed by atoms with van der Waals surface area (Å²) in [5, 5.41) is 5.33. The van der Waals surface area contributed by atoms with Crippen molar-refractivity contribution in [3.05, 3.63) is 27.2 Å². The summed E-state index contributed by atoms with van der Waals surface area (Å²) < 4.78 is 0. The van der Waals surface area contributed by atoms with Gasteiger partial charge in [0.2, 0.25) is 0 Å². The molecule has 1 N–H and O–H groups in total. The van der Waals surface area contributed by atoms with Crippen LogP contribution in [0.4, 0.5) is 5.69 Å². The van der Waals surface area contributed by atoms with Gasteiger partial charge in [0.15, 0.2) is 5.11 Å². The van der Waals surface area contributed by atoms with Gasteiger partial charge in [0.05, 0.1) is 20.8 Å². The fourth-order valence-corrected chi connectivity index (χ4v) is 3.44. The molecule has 2 nitrogen and oxygen atoms in total. The Labute approximate surface area is 140 Å². The molecular weight excluding hydrogens is 335 g/mol. The summed E-state index contributed by atoms with van der Waals surface area (Å²) >= 11 is 23.6. The molecule has 20 heavy (non-hydrogen) atoms. The molecule has 1 heterocycles. The van der Waals surface area contributed by atoms with Gasteiger partial charge in [-0.15, -0.1) is 0 Å². The first-order valence-corrected chi connectivity index (χ1v) is 8.29. The summed E-state index contributed by atoms with van der Waals surface area (Å²) in [7, 11) is 0. The normalized spacial score (nSPS) is 19.0. The van der Waals surface area contributed by atoms with Crippen LogP contribution in [0.3, 0.4) is 0 Å². The summed E-state index contributed by atoms with van der Waals surface area (Å²) in [6.45, 7) is 3.18. The predicted molar refractivity (Wildman–Crippen MR) is 92.3 cm³/mol. The molecule has 0 bridgehead atoms. The van der Waals surface area contributed by atoms with Crippen LogP contribution in [-0.2, 0) is 0 Å². The SMILES string of the molecule is CCC1CCCCN1C(=S)Nc1cc(Cl)c(Cl)cc1Cl. The van der Waals surface area contributed by atoms with Crippen molar-refractivity contribution in [2.45, 2.75) is 38.6 Å². The third kappa shape index (κ3) is 3.70. The van der Waals surface area contributed by atoms with Gasteiger partial charge in [-0.3, -0.25) is 0 Å². The molecule has 110 valence electrons. The number of thiocarbonyl (C=S) groups is 1. The summed E-state index contributed by atoms with van der Waals surface area (Å²) in [5.41, 5.74) is 0.700. The standard InChI is InChI=1S/C14H17Cl3N2S/c1-2-9-5-3-4-6-19(9)14(20)18-13-8-11(16)10(15)7-12(13)17/h7-9H,2-6H2,1H3,(H,18,20). The highest BCUT2D eigenvalue weighted by molar-refractivity contribution is 7.80. The van der Waals surface area contributed by atoms with E-state index in [4.69, 9.17) is 47.0 Å². The number of nitrogens with one attached hydrogen (secondary N) is 1. The van der Waals surface area contributed by atoms with E-state index in [0.717, 1.165) is 13.0 Å². The Morgan fingerprint density at radius 3 is 2.65 bits per heavy atom. The number of anilines is 1. The van der Waals surface area contributed by atoms with Crippen LogP contribution in [-0.4, -0.2) is 22.6 Å². The third-order valence-electron chi connectivity index (χ3n) is 3.61. The molecule has 0 amide bonds. The Kier molecular flexibility index (Phi) is 5.79. The number of likely N-dealkylation sites (tertiary alicyclic amines) is 1. The van der Waals surface area contributed by atoms with E-state index < -0.39 is 0 Å². The number of benzene rings is 1. The maximum Gasteiger partial charge on any atom is 0.173 e. The van der Waals surface area contributed by atoms with Crippen LogP contribution >= 0.6 is 47.0 Å². The second-order valence-electron chi connectivity index (χ2n) is 4.93. The fourth-order valence-electron chi connectivity index (χ4n) is 2.50. The molecule has 1 aromatic carbocycles. The highest BCUT2D eigenvalue weighted by Gasteiger charge is 2.23. The van der Waals surface area contributed by atoms with Gasteiger partial charge >= 0.3 is 0 Å². The minimum absolute atomic E-state index is 0.442. The van der Waals surface area contributed by atoms with Crippen molar-refractivity contribution in [2.75, 3.05) is 11.9 Å². The number of nitrogens with zero attached hydrogens (tertiary/aromatic N) is 1. The van der Waals surface area contributed by atoms with Gasteiger partial charge in [-0.25, -0.2) is 0 Å². The Balaban J connectivity index is 2.13. The maximum absolute atomic E-state index is 6.17. The number of hydrogen-bond donors (Lipinski definition) is 1. The minimum atomic E-state index is 0.442. The van der Waals surface area contributed by atoms with Crippen LogP contribution in [0.2, 0.25) is 15.1 Å². The lowest BCUT2D eigenvalue weighted by Gasteiger charge is -2.37. The molecule has 1 unspecified atom stereocenters. The number of hydrogen-bond acceptors (Lipinski definition) is 1. The summed E-state index contributed by atoms with van der Waals surface area (Å²) in [6, 6.07) is 3.85. The van der Waals surface area contributed by atoms with Gasteiger partial charge in [-0.2, -0.15) is 0 Å². The van der Waals surface area contributed by atoms with E-state index in [1.165, 1.54) is 19.3 Å². The number of piperidine rings is 1. The van der Waals surface area contributed by atoms with Crippen molar-refractivity contribution in [1.29, 1.82) is 0 Å². The van der Waals surface area contributed by atoms with Crippen molar-refractivity contribution < 1.29 is 0 Å². The fraction of sp³-hybridized carbons (Fsp3) is 0.500. The molecule has 6 heteroatoms. The van der Waals surface area contributed by atoms with E-state index in [0.29, 0.717) is 31.9 Å². The van der Waals surface area contributed by atoms with Crippen LogP contribution in [0.5, 0.6) is 0 Å². The van der Waals surface area contributed by atoms with Crippen LogP contribution in [0.1, 0.15) is 32.6 Å². The average molecular weight is 352 g/mol. The van der Waals surface area contributed by atoms with E-state index in [9.17, 15) is 0 Å².